The number of nitrogens with one attached hydrogen (secondary N) is 1. The van der Waals surface area contributed by atoms with Gasteiger partial charge in [-0.1, -0.05) is 6.92 Å². The first-order chi connectivity index (χ1) is 8.76. The molecule has 2 N–H and O–H groups in total. The van der Waals surface area contributed by atoms with Crippen LogP contribution in [0.4, 0.5) is 0 Å². The van der Waals surface area contributed by atoms with E-state index < -0.39 is 22.1 Å². The summed E-state index contributed by atoms with van der Waals surface area (Å²) >= 11 is 0. The van der Waals surface area contributed by atoms with E-state index in [1.54, 1.807) is 6.92 Å². The van der Waals surface area contributed by atoms with E-state index in [1.807, 2.05) is 13.8 Å². The highest BCUT2D eigenvalue weighted by molar-refractivity contribution is 7.87. The average molecular weight is 294 g/mol. The number of hydrogen-bond donors (Lipinski definition) is 2. The zero-order valence-electron chi connectivity index (χ0n) is 11.5. The molecule has 0 aromatic carbocycles. The SMILES string of the molecule is CCC(CNS(=O)(=O)N1CC(C)OC(C)C1)C(=O)O. The summed E-state index contributed by atoms with van der Waals surface area (Å²) in [5.74, 6) is -1.69. The standard InChI is InChI=1S/C11H22N2O5S/c1-4-10(11(14)15)5-12-19(16,17)13-6-8(2)18-9(3)7-13/h8-10,12H,4-7H2,1-3H3,(H,14,15). The third-order valence-electron chi connectivity index (χ3n) is 3.08. The smallest absolute Gasteiger partial charge is 0.307 e. The first kappa shape index (κ1) is 16.4. The van der Waals surface area contributed by atoms with Crippen LogP contribution < -0.4 is 4.72 Å². The predicted octanol–water partition coefficient (Wildman–Crippen LogP) is 0.0408. The molecule has 0 radical (unpaired) electrons. The van der Waals surface area contributed by atoms with Crippen LogP contribution in [-0.2, 0) is 19.7 Å². The first-order valence-corrected chi connectivity index (χ1v) is 7.83. The van der Waals surface area contributed by atoms with Crippen LogP contribution in [0.25, 0.3) is 0 Å². The van der Waals surface area contributed by atoms with Gasteiger partial charge in [0.05, 0.1) is 18.1 Å². The van der Waals surface area contributed by atoms with Crippen molar-refractivity contribution in [3.63, 3.8) is 0 Å². The monoisotopic (exact) mass is 294 g/mol. The Balaban J connectivity index is 2.62. The van der Waals surface area contributed by atoms with Crippen molar-refractivity contribution in [1.29, 1.82) is 0 Å². The number of carboxylic acids is 1. The van der Waals surface area contributed by atoms with Crippen molar-refractivity contribution < 1.29 is 23.1 Å². The van der Waals surface area contributed by atoms with Crippen molar-refractivity contribution in [2.45, 2.75) is 39.4 Å². The average Bonchev–Trinajstić information content (AvgIpc) is 2.27. The van der Waals surface area contributed by atoms with Gasteiger partial charge in [-0.15, -0.1) is 0 Å². The molecule has 0 spiro atoms. The van der Waals surface area contributed by atoms with Crippen LogP contribution in [-0.4, -0.2) is 55.6 Å². The number of nitrogens with zero attached hydrogens (tertiary/aromatic N) is 1. The molecule has 1 saturated heterocycles. The van der Waals surface area contributed by atoms with Crippen LogP contribution in [0.2, 0.25) is 0 Å². The highest BCUT2D eigenvalue weighted by Crippen LogP contribution is 2.14. The van der Waals surface area contributed by atoms with Gasteiger partial charge in [0, 0.05) is 19.6 Å². The molecule has 1 aliphatic rings. The van der Waals surface area contributed by atoms with Crippen LogP contribution in [0, 0.1) is 5.92 Å². The topological polar surface area (TPSA) is 95.9 Å². The second kappa shape index (κ2) is 6.65. The number of carboxylic acid groups (broad SMARTS) is 1. The summed E-state index contributed by atoms with van der Waals surface area (Å²) in [6.07, 6.45) is 0.0527. The van der Waals surface area contributed by atoms with Crippen molar-refractivity contribution in [1.82, 2.24) is 9.03 Å². The van der Waals surface area contributed by atoms with E-state index in [4.69, 9.17) is 9.84 Å². The van der Waals surface area contributed by atoms with Gasteiger partial charge in [0.15, 0.2) is 0 Å². The molecule has 7 nitrogen and oxygen atoms in total. The Kier molecular flexibility index (Phi) is 5.72. The molecule has 3 unspecified atom stereocenters. The van der Waals surface area contributed by atoms with Crippen LogP contribution in [0.3, 0.4) is 0 Å². The largest absolute Gasteiger partial charge is 0.481 e. The number of ether oxygens (including phenoxy) is 1. The van der Waals surface area contributed by atoms with Gasteiger partial charge in [0.2, 0.25) is 0 Å². The van der Waals surface area contributed by atoms with E-state index in [-0.39, 0.29) is 31.8 Å². The van der Waals surface area contributed by atoms with E-state index in [1.165, 1.54) is 4.31 Å². The highest BCUT2D eigenvalue weighted by Gasteiger charge is 2.31. The Hall–Kier alpha value is -0.700. The second-order valence-corrected chi connectivity index (χ2v) is 6.63. The summed E-state index contributed by atoms with van der Waals surface area (Å²) in [5.41, 5.74) is 0. The Bertz CT molecular complexity index is 401. The Morgan fingerprint density at radius 2 is 1.95 bits per heavy atom. The number of rotatable bonds is 6. The summed E-state index contributed by atoms with van der Waals surface area (Å²) in [6, 6.07) is 0. The summed E-state index contributed by atoms with van der Waals surface area (Å²) < 4.78 is 33.3. The van der Waals surface area contributed by atoms with E-state index in [0.717, 1.165) is 0 Å². The molecule has 0 saturated carbocycles. The molecule has 0 bridgehead atoms. The van der Waals surface area contributed by atoms with Gasteiger partial charge in [-0.2, -0.15) is 12.7 Å². The third kappa shape index (κ3) is 4.72. The minimum atomic E-state index is -3.65. The van der Waals surface area contributed by atoms with Gasteiger partial charge in [-0.3, -0.25) is 4.79 Å². The summed E-state index contributed by atoms with van der Waals surface area (Å²) in [5, 5.41) is 8.90. The molecule has 1 aliphatic heterocycles. The predicted molar refractivity (Wildman–Crippen MR) is 69.9 cm³/mol. The third-order valence-corrected chi connectivity index (χ3v) is 4.59. The lowest BCUT2D eigenvalue weighted by Crippen LogP contribution is -2.52. The maximum absolute atomic E-state index is 12.1. The van der Waals surface area contributed by atoms with E-state index in [0.29, 0.717) is 6.42 Å². The molecule has 1 rings (SSSR count). The molecular formula is C11H22N2O5S. The minimum absolute atomic E-state index is 0.0890. The summed E-state index contributed by atoms with van der Waals surface area (Å²) in [6.45, 7) is 5.81. The number of hydrogen-bond acceptors (Lipinski definition) is 4. The lowest BCUT2D eigenvalue weighted by atomic mass is 10.1. The molecular weight excluding hydrogens is 272 g/mol. The van der Waals surface area contributed by atoms with Crippen molar-refractivity contribution in [3.05, 3.63) is 0 Å². The minimum Gasteiger partial charge on any atom is -0.481 e. The molecule has 0 aromatic rings. The van der Waals surface area contributed by atoms with Crippen LogP contribution >= 0.6 is 0 Å². The maximum atomic E-state index is 12.1. The van der Waals surface area contributed by atoms with Crippen molar-refractivity contribution in [3.8, 4) is 0 Å². The molecule has 3 atom stereocenters. The van der Waals surface area contributed by atoms with Gasteiger partial charge in [0.1, 0.15) is 0 Å². The van der Waals surface area contributed by atoms with Gasteiger partial charge in [0.25, 0.3) is 10.2 Å². The van der Waals surface area contributed by atoms with Crippen LogP contribution in [0.15, 0.2) is 0 Å². The lowest BCUT2D eigenvalue weighted by molar-refractivity contribution is -0.141. The van der Waals surface area contributed by atoms with Gasteiger partial charge < -0.3 is 9.84 Å². The van der Waals surface area contributed by atoms with E-state index in [2.05, 4.69) is 4.72 Å². The fourth-order valence-electron chi connectivity index (χ4n) is 2.03. The Labute approximate surface area is 114 Å². The summed E-state index contributed by atoms with van der Waals surface area (Å²) in [7, 11) is -3.65. The molecule has 0 aromatic heterocycles. The molecule has 19 heavy (non-hydrogen) atoms. The Morgan fingerprint density at radius 1 is 1.42 bits per heavy atom. The Morgan fingerprint density at radius 3 is 2.37 bits per heavy atom. The summed E-state index contributed by atoms with van der Waals surface area (Å²) in [4.78, 5) is 10.9. The number of morpholine rings is 1. The quantitative estimate of drug-likeness (QED) is 0.721. The van der Waals surface area contributed by atoms with Gasteiger partial charge >= 0.3 is 5.97 Å². The maximum Gasteiger partial charge on any atom is 0.307 e. The first-order valence-electron chi connectivity index (χ1n) is 6.39. The normalized spacial score (nSPS) is 27.1. The van der Waals surface area contributed by atoms with Gasteiger partial charge in [-0.05, 0) is 20.3 Å². The lowest BCUT2D eigenvalue weighted by Gasteiger charge is -2.34. The van der Waals surface area contributed by atoms with Crippen molar-refractivity contribution in [2.75, 3.05) is 19.6 Å². The van der Waals surface area contributed by atoms with Crippen LogP contribution in [0.1, 0.15) is 27.2 Å². The zero-order chi connectivity index (χ0) is 14.6. The molecule has 8 heteroatoms. The zero-order valence-corrected chi connectivity index (χ0v) is 12.3. The number of carbonyl (C=O) groups is 1. The van der Waals surface area contributed by atoms with Crippen molar-refractivity contribution in [2.24, 2.45) is 5.92 Å². The molecule has 112 valence electrons. The highest BCUT2D eigenvalue weighted by atomic mass is 32.2. The van der Waals surface area contributed by atoms with E-state index in [9.17, 15) is 13.2 Å². The molecule has 1 fully saturated rings. The number of aliphatic carboxylic acids is 1. The molecule has 0 aliphatic carbocycles. The van der Waals surface area contributed by atoms with Crippen LogP contribution in [0.5, 0.6) is 0 Å². The van der Waals surface area contributed by atoms with Crippen molar-refractivity contribution >= 4 is 16.2 Å². The molecule has 1 heterocycles. The fraction of sp³-hybridized carbons (Fsp3) is 0.909. The fourth-order valence-corrected chi connectivity index (χ4v) is 3.44. The van der Waals surface area contributed by atoms with E-state index >= 15 is 0 Å². The van der Waals surface area contributed by atoms with Gasteiger partial charge in [-0.25, -0.2) is 4.72 Å². The molecule has 0 amide bonds. The second-order valence-electron chi connectivity index (χ2n) is 4.87.